The van der Waals surface area contributed by atoms with Gasteiger partial charge in [0.15, 0.2) is 0 Å². The van der Waals surface area contributed by atoms with Crippen molar-refractivity contribution in [1.82, 2.24) is 5.32 Å². The van der Waals surface area contributed by atoms with Gasteiger partial charge in [-0.3, -0.25) is 0 Å². The molecule has 0 fully saturated rings. The number of rotatable bonds is 6. The highest BCUT2D eigenvalue weighted by Gasteiger charge is 2.32. The molecule has 0 aliphatic carbocycles. The first-order chi connectivity index (χ1) is 9.36. The average molecular weight is 287 g/mol. The summed E-state index contributed by atoms with van der Waals surface area (Å²) in [5.41, 5.74) is -0.387. The standard InChI is InChI=1S/C14H16F3NO2/c1-3-20-13(19)10(2)8-18-9-11-6-4-5-7-12(11)14(15,16)17/h4-7,18H,2-3,8-9H2,1H3. The van der Waals surface area contributed by atoms with Crippen molar-refractivity contribution in [3.05, 3.63) is 47.5 Å². The van der Waals surface area contributed by atoms with Crippen molar-refractivity contribution in [2.24, 2.45) is 0 Å². The van der Waals surface area contributed by atoms with Crippen LogP contribution in [0.5, 0.6) is 0 Å². The molecule has 0 spiro atoms. The van der Waals surface area contributed by atoms with Crippen LogP contribution in [-0.2, 0) is 22.3 Å². The van der Waals surface area contributed by atoms with Gasteiger partial charge in [0, 0.05) is 18.7 Å². The fourth-order valence-corrected chi connectivity index (χ4v) is 1.60. The lowest BCUT2D eigenvalue weighted by molar-refractivity contribution is -0.139. The molecule has 0 aliphatic rings. The lowest BCUT2D eigenvalue weighted by Crippen LogP contribution is -2.23. The van der Waals surface area contributed by atoms with E-state index in [1.54, 1.807) is 6.92 Å². The first kappa shape index (κ1) is 16.2. The number of nitrogens with one attached hydrogen (secondary N) is 1. The number of alkyl halides is 3. The van der Waals surface area contributed by atoms with Crippen LogP contribution in [0.1, 0.15) is 18.1 Å². The summed E-state index contributed by atoms with van der Waals surface area (Å²) in [4.78, 5) is 11.3. The highest BCUT2D eigenvalue weighted by Crippen LogP contribution is 2.31. The zero-order valence-corrected chi connectivity index (χ0v) is 11.1. The Balaban J connectivity index is 2.59. The van der Waals surface area contributed by atoms with Crippen LogP contribution in [0.2, 0.25) is 0 Å². The quantitative estimate of drug-likeness (QED) is 0.646. The van der Waals surface area contributed by atoms with Gasteiger partial charge in [0.05, 0.1) is 12.2 Å². The van der Waals surface area contributed by atoms with E-state index >= 15 is 0 Å². The number of carbonyl (C=O) groups is 1. The predicted molar refractivity (Wildman–Crippen MR) is 68.9 cm³/mol. The molecule has 0 atom stereocenters. The van der Waals surface area contributed by atoms with Crippen molar-refractivity contribution >= 4 is 5.97 Å². The molecular formula is C14H16F3NO2. The van der Waals surface area contributed by atoms with Crippen LogP contribution >= 0.6 is 0 Å². The van der Waals surface area contributed by atoms with Crippen LogP contribution in [0.15, 0.2) is 36.4 Å². The third-order valence-electron chi connectivity index (χ3n) is 2.54. The van der Waals surface area contributed by atoms with E-state index in [4.69, 9.17) is 4.74 Å². The van der Waals surface area contributed by atoms with Crippen molar-refractivity contribution in [3.8, 4) is 0 Å². The number of carbonyl (C=O) groups excluding carboxylic acids is 1. The molecule has 1 N–H and O–H groups in total. The lowest BCUT2D eigenvalue weighted by Gasteiger charge is -2.13. The molecule has 6 heteroatoms. The van der Waals surface area contributed by atoms with Crippen LogP contribution in [0.3, 0.4) is 0 Å². The molecule has 0 amide bonds. The molecule has 1 aromatic carbocycles. The van der Waals surface area contributed by atoms with Gasteiger partial charge in [0.2, 0.25) is 0 Å². The van der Waals surface area contributed by atoms with Crippen LogP contribution in [0.25, 0.3) is 0 Å². The van der Waals surface area contributed by atoms with Gasteiger partial charge in [-0.05, 0) is 18.6 Å². The Morgan fingerprint density at radius 3 is 2.60 bits per heavy atom. The molecule has 0 heterocycles. The summed E-state index contributed by atoms with van der Waals surface area (Å²) in [6.07, 6.45) is -4.39. The summed E-state index contributed by atoms with van der Waals surface area (Å²) < 4.78 is 43.0. The lowest BCUT2D eigenvalue weighted by atomic mass is 10.1. The minimum atomic E-state index is -4.39. The van der Waals surface area contributed by atoms with Crippen LogP contribution < -0.4 is 5.32 Å². The Hall–Kier alpha value is -1.82. The summed E-state index contributed by atoms with van der Waals surface area (Å²) >= 11 is 0. The molecule has 0 saturated heterocycles. The van der Waals surface area contributed by atoms with Crippen LogP contribution in [0.4, 0.5) is 13.2 Å². The average Bonchev–Trinajstić information content (AvgIpc) is 2.38. The van der Waals surface area contributed by atoms with E-state index in [1.165, 1.54) is 18.2 Å². The molecule has 0 radical (unpaired) electrons. The summed E-state index contributed by atoms with van der Waals surface area (Å²) in [6, 6.07) is 5.29. The minimum Gasteiger partial charge on any atom is -0.463 e. The highest BCUT2D eigenvalue weighted by atomic mass is 19.4. The molecule has 0 bridgehead atoms. The maximum atomic E-state index is 12.7. The van der Waals surface area contributed by atoms with Crippen molar-refractivity contribution in [3.63, 3.8) is 0 Å². The van der Waals surface area contributed by atoms with Gasteiger partial charge in [-0.15, -0.1) is 0 Å². The van der Waals surface area contributed by atoms with E-state index in [0.717, 1.165) is 6.07 Å². The summed E-state index contributed by atoms with van der Waals surface area (Å²) in [7, 11) is 0. The Labute approximate surface area is 115 Å². The maximum Gasteiger partial charge on any atom is 0.416 e. The summed E-state index contributed by atoms with van der Waals surface area (Å²) in [5, 5.41) is 2.75. The van der Waals surface area contributed by atoms with Crippen molar-refractivity contribution in [1.29, 1.82) is 0 Å². The van der Waals surface area contributed by atoms with Gasteiger partial charge in [0.1, 0.15) is 0 Å². The van der Waals surface area contributed by atoms with E-state index < -0.39 is 17.7 Å². The van der Waals surface area contributed by atoms with E-state index in [2.05, 4.69) is 11.9 Å². The largest absolute Gasteiger partial charge is 0.463 e. The number of hydrogen-bond donors (Lipinski definition) is 1. The second-order valence-corrected chi connectivity index (χ2v) is 4.08. The van der Waals surface area contributed by atoms with Gasteiger partial charge in [-0.2, -0.15) is 13.2 Å². The van der Waals surface area contributed by atoms with Gasteiger partial charge in [-0.25, -0.2) is 4.79 Å². The normalized spacial score (nSPS) is 11.2. The molecule has 0 aromatic heterocycles. The smallest absolute Gasteiger partial charge is 0.416 e. The van der Waals surface area contributed by atoms with Gasteiger partial charge in [0.25, 0.3) is 0 Å². The maximum absolute atomic E-state index is 12.7. The fraction of sp³-hybridized carbons (Fsp3) is 0.357. The van der Waals surface area contributed by atoms with Crippen LogP contribution in [0, 0.1) is 0 Å². The van der Waals surface area contributed by atoms with Gasteiger partial charge >= 0.3 is 12.1 Å². The molecule has 1 rings (SSSR count). The first-order valence-electron chi connectivity index (χ1n) is 6.07. The third kappa shape index (κ3) is 4.70. The number of halogens is 3. The van der Waals surface area contributed by atoms with Crippen molar-refractivity contribution < 1.29 is 22.7 Å². The summed E-state index contributed by atoms with van der Waals surface area (Å²) in [5.74, 6) is -0.552. The monoisotopic (exact) mass is 287 g/mol. The van der Waals surface area contributed by atoms with Crippen LogP contribution in [-0.4, -0.2) is 19.1 Å². The third-order valence-corrected chi connectivity index (χ3v) is 2.54. The molecule has 110 valence electrons. The Morgan fingerprint density at radius 1 is 1.35 bits per heavy atom. The minimum absolute atomic E-state index is 0.00584. The number of benzene rings is 1. The van der Waals surface area contributed by atoms with E-state index in [1.807, 2.05) is 0 Å². The SMILES string of the molecule is C=C(CNCc1ccccc1C(F)(F)F)C(=O)OCC. The number of hydrogen-bond acceptors (Lipinski definition) is 3. The van der Waals surface area contributed by atoms with Gasteiger partial charge < -0.3 is 10.1 Å². The fourth-order valence-electron chi connectivity index (χ4n) is 1.60. The predicted octanol–water partition coefficient (Wildman–Crippen LogP) is 2.91. The van der Waals surface area contributed by atoms with E-state index in [0.29, 0.717) is 0 Å². The molecule has 0 saturated carbocycles. The van der Waals surface area contributed by atoms with E-state index in [9.17, 15) is 18.0 Å². The van der Waals surface area contributed by atoms with Crippen molar-refractivity contribution in [2.45, 2.75) is 19.6 Å². The number of ether oxygens (including phenoxy) is 1. The molecule has 1 aromatic rings. The Morgan fingerprint density at radius 2 is 2.00 bits per heavy atom. The molecule has 3 nitrogen and oxygen atoms in total. The second kappa shape index (κ2) is 7.09. The van der Waals surface area contributed by atoms with Gasteiger partial charge in [-0.1, -0.05) is 24.8 Å². The van der Waals surface area contributed by atoms with Crippen molar-refractivity contribution in [2.75, 3.05) is 13.2 Å². The molecule has 20 heavy (non-hydrogen) atoms. The van der Waals surface area contributed by atoms with E-state index in [-0.39, 0.29) is 30.8 Å². The second-order valence-electron chi connectivity index (χ2n) is 4.08. The molecular weight excluding hydrogens is 271 g/mol. The highest BCUT2D eigenvalue weighted by molar-refractivity contribution is 5.88. The number of esters is 1. The summed E-state index contributed by atoms with van der Waals surface area (Å²) in [6.45, 7) is 5.48. The first-order valence-corrected chi connectivity index (χ1v) is 6.07. The zero-order valence-electron chi connectivity index (χ0n) is 11.1. The zero-order chi connectivity index (χ0) is 15.2. The molecule has 0 unspecified atom stereocenters. The Kier molecular flexibility index (Phi) is 5.76. The molecule has 0 aliphatic heterocycles. The topological polar surface area (TPSA) is 38.3 Å². The Bertz CT molecular complexity index is 484.